The molecule has 2 heterocycles. The number of methoxy groups -OCH3 is 1. The summed E-state index contributed by atoms with van der Waals surface area (Å²) in [5.74, 6) is -0.784. The highest BCUT2D eigenvalue weighted by Gasteiger charge is 2.29. The van der Waals surface area contributed by atoms with Crippen LogP contribution in [0, 0.1) is 5.92 Å². The van der Waals surface area contributed by atoms with Crippen molar-refractivity contribution in [3.63, 3.8) is 0 Å². The highest BCUT2D eigenvalue weighted by molar-refractivity contribution is 6.02. The zero-order valence-corrected chi connectivity index (χ0v) is 19.2. The van der Waals surface area contributed by atoms with Gasteiger partial charge in [0.25, 0.3) is 0 Å². The van der Waals surface area contributed by atoms with Gasteiger partial charge < -0.3 is 24.8 Å². The van der Waals surface area contributed by atoms with Crippen LogP contribution in [0.15, 0.2) is 41.4 Å². The predicted molar refractivity (Wildman–Crippen MR) is 124 cm³/mol. The van der Waals surface area contributed by atoms with Crippen LogP contribution in [0.5, 0.6) is 5.75 Å². The van der Waals surface area contributed by atoms with E-state index in [1.54, 1.807) is 24.3 Å². The Hall–Kier alpha value is -3.30. The zero-order valence-electron chi connectivity index (χ0n) is 19.2. The van der Waals surface area contributed by atoms with E-state index in [1.807, 2.05) is 26.0 Å². The number of carbonyl (C=O) groups is 3. The van der Waals surface area contributed by atoms with Gasteiger partial charge in [-0.3, -0.25) is 9.59 Å². The zero-order chi connectivity index (χ0) is 24.2. The molecule has 9 nitrogen and oxygen atoms in total. The molecule has 2 aliphatic heterocycles. The summed E-state index contributed by atoms with van der Waals surface area (Å²) < 4.78 is 14.9. The van der Waals surface area contributed by atoms with Crippen molar-refractivity contribution in [2.24, 2.45) is 10.9 Å². The molecule has 10 heteroatoms. The Bertz CT molecular complexity index is 856. The number of benzene rings is 1. The minimum absolute atomic E-state index is 0.102. The Morgan fingerprint density at radius 3 is 2.58 bits per heavy atom. The topological polar surface area (TPSA) is 115 Å². The summed E-state index contributed by atoms with van der Waals surface area (Å²) in [4.78, 5) is 42.4. The van der Waals surface area contributed by atoms with E-state index in [9.17, 15) is 14.4 Å². The van der Waals surface area contributed by atoms with E-state index in [1.165, 1.54) is 7.11 Å². The third-order valence-electron chi connectivity index (χ3n) is 4.98. The van der Waals surface area contributed by atoms with Gasteiger partial charge in [0.05, 0.1) is 7.11 Å². The number of aliphatic imine (C=N–C) groups is 1. The van der Waals surface area contributed by atoms with Gasteiger partial charge in [-0.2, -0.15) is 0 Å². The van der Waals surface area contributed by atoms with Crippen molar-refractivity contribution in [1.82, 2.24) is 10.6 Å². The number of ether oxygens (including phenoxy) is 2. The van der Waals surface area contributed by atoms with E-state index >= 15 is 0 Å². The lowest BCUT2D eigenvalue weighted by Gasteiger charge is -2.24. The second kappa shape index (κ2) is 13.3. The number of amides is 2. The maximum Gasteiger partial charge on any atom is 0.375 e. The van der Waals surface area contributed by atoms with E-state index < -0.39 is 35.9 Å². The number of esters is 1. The monoisotopic (exact) mass is 455 g/mol. The largest absolute Gasteiger partial charge is 0.560 e. The molecule has 176 valence electrons. The van der Waals surface area contributed by atoms with Crippen LogP contribution in [0.3, 0.4) is 0 Å². The molecule has 1 aromatic carbocycles. The standard InChI is InChI=1S/C23H30BN3O6/c1-15(2)12-20-22(29)26-18(23(30)31-3)6-4-5-11-32-17-9-7-16(8-10-17)13-19(21(28)27-20)25-14-33-24/h4-5,7-10,14-15,18-20H,6,11-13H2,1-3H3,(H,26,29)(H,27,28)/t18-,19-,20-/m0/s1. The molecule has 3 rings (SSSR count). The van der Waals surface area contributed by atoms with Crippen LogP contribution in [0.4, 0.5) is 0 Å². The summed E-state index contributed by atoms with van der Waals surface area (Å²) in [6.45, 7) is 4.15. The number of hydrogen-bond acceptors (Lipinski definition) is 7. The third-order valence-corrected chi connectivity index (χ3v) is 4.98. The molecule has 0 spiro atoms. The molecule has 2 aliphatic rings. The quantitative estimate of drug-likeness (QED) is 0.227. The van der Waals surface area contributed by atoms with E-state index in [0.717, 1.165) is 12.0 Å². The van der Waals surface area contributed by atoms with Gasteiger partial charge in [0.1, 0.15) is 30.5 Å². The van der Waals surface area contributed by atoms with Crippen LogP contribution in [-0.2, 0) is 30.2 Å². The first-order valence-electron chi connectivity index (χ1n) is 10.8. The number of nitrogens with zero attached hydrogens (tertiary/aromatic N) is 1. The van der Waals surface area contributed by atoms with Crippen molar-refractivity contribution in [3.8, 4) is 5.75 Å². The van der Waals surface area contributed by atoms with E-state index in [-0.39, 0.29) is 25.4 Å². The molecule has 2 radical (unpaired) electrons. The minimum Gasteiger partial charge on any atom is -0.560 e. The molecular formula is C23H30BN3O6. The van der Waals surface area contributed by atoms with Gasteiger partial charge in [0.15, 0.2) is 6.40 Å². The van der Waals surface area contributed by atoms with Crippen molar-refractivity contribution in [1.29, 1.82) is 0 Å². The maximum atomic E-state index is 13.1. The van der Waals surface area contributed by atoms with Gasteiger partial charge in [0, 0.05) is 6.42 Å². The van der Waals surface area contributed by atoms with Crippen LogP contribution in [0.1, 0.15) is 32.3 Å². The summed E-state index contributed by atoms with van der Waals surface area (Å²) in [5, 5.41) is 5.45. The smallest absolute Gasteiger partial charge is 0.375 e. The fourth-order valence-corrected chi connectivity index (χ4v) is 3.31. The molecule has 33 heavy (non-hydrogen) atoms. The average Bonchev–Trinajstić information content (AvgIpc) is 2.79. The first kappa shape index (κ1) is 26.0. The van der Waals surface area contributed by atoms with Crippen molar-refractivity contribution >= 4 is 32.2 Å². The number of rotatable bonds is 5. The molecule has 1 aromatic rings. The van der Waals surface area contributed by atoms with Crippen molar-refractivity contribution in [2.45, 2.75) is 51.2 Å². The van der Waals surface area contributed by atoms with Crippen LogP contribution in [0.25, 0.3) is 0 Å². The van der Waals surface area contributed by atoms with Crippen molar-refractivity contribution < 1.29 is 28.5 Å². The average molecular weight is 455 g/mol. The van der Waals surface area contributed by atoms with Gasteiger partial charge >= 0.3 is 14.0 Å². The Morgan fingerprint density at radius 1 is 1.21 bits per heavy atom. The lowest BCUT2D eigenvalue weighted by Crippen LogP contribution is -2.53. The fraction of sp³-hybridized carbons (Fsp3) is 0.478. The molecule has 0 fully saturated rings. The predicted octanol–water partition coefficient (Wildman–Crippen LogP) is 1.25. The number of fused-ring (bicyclic) bond motifs is 13. The molecule has 0 saturated heterocycles. The van der Waals surface area contributed by atoms with E-state index in [0.29, 0.717) is 12.2 Å². The van der Waals surface area contributed by atoms with Crippen molar-refractivity contribution in [2.75, 3.05) is 13.7 Å². The Kier molecular flexibility index (Phi) is 10.5. The number of carbonyl (C=O) groups excluding carboxylic acids is 3. The molecule has 2 bridgehead atoms. The molecule has 2 amide bonds. The molecule has 2 N–H and O–H groups in total. The fourth-order valence-electron chi connectivity index (χ4n) is 3.31. The van der Waals surface area contributed by atoms with Gasteiger partial charge in [-0.1, -0.05) is 38.1 Å². The third kappa shape index (κ3) is 8.63. The maximum absolute atomic E-state index is 13.1. The Labute approximate surface area is 195 Å². The van der Waals surface area contributed by atoms with Gasteiger partial charge in [0.2, 0.25) is 11.8 Å². The Balaban J connectivity index is 2.37. The second-order valence-corrected chi connectivity index (χ2v) is 8.05. The molecule has 0 unspecified atom stereocenters. The molecular weight excluding hydrogens is 425 g/mol. The summed E-state index contributed by atoms with van der Waals surface area (Å²) in [5.41, 5.74) is 0.840. The summed E-state index contributed by atoms with van der Waals surface area (Å²) in [6, 6.07) is 4.61. The Morgan fingerprint density at radius 2 is 1.94 bits per heavy atom. The van der Waals surface area contributed by atoms with E-state index in [2.05, 4.69) is 20.3 Å². The van der Waals surface area contributed by atoms with Gasteiger partial charge in [-0.05, 0) is 36.5 Å². The second-order valence-electron chi connectivity index (χ2n) is 8.05. The summed E-state index contributed by atoms with van der Waals surface area (Å²) in [6.07, 6.45) is 5.33. The normalized spacial score (nSPS) is 22.4. The van der Waals surface area contributed by atoms with Crippen LogP contribution in [-0.4, -0.2) is 64.1 Å². The lowest BCUT2D eigenvalue weighted by molar-refractivity contribution is -0.145. The van der Waals surface area contributed by atoms with Crippen LogP contribution in [0.2, 0.25) is 0 Å². The van der Waals surface area contributed by atoms with E-state index in [4.69, 9.17) is 17.5 Å². The van der Waals surface area contributed by atoms with Crippen LogP contribution >= 0.6 is 0 Å². The first-order chi connectivity index (χ1) is 15.8. The SMILES string of the molecule is [B]OC=N[C@H]1Cc2ccc(cc2)OCC=CC[C@@H](C(=O)OC)NC(=O)[C@H](CC(C)C)NC1=O. The molecule has 3 atom stereocenters. The first-order valence-corrected chi connectivity index (χ1v) is 10.8. The molecule has 0 saturated carbocycles. The number of hydrogen-bond donors (Lipinski definition) is 2. The number of nitrogens with one attached hydrogen (secondary N) is 2. The van der Waals surface area contributed by atoms with Crippen LogP contribution < -0.4 is 15.4 Å². The van der Waals surface area contributed by atoms with Crippen molar-refractivity contribution in [3.05, 3.63) is 42.0 Å². The summed E-state index contributed by atoms with van der Waals surface area (Å²) in [7, 11) is 6.30. The minimum atomic E-state index is -0.903. The van der Waals surface area contributed by atoms with Gasteiger partial charge in [-0.15, -0.1) is 0 Å². The summed E-state index contributed by atoms with van der Waals surface area (Å²) >= 11 is 0. The lowest BCUT2D eigenvalue weighted by atomic mass is 10.0. The molecule has 0 aromatic heterocycles. The highest BCUT2D eigenvalue weighted by Crippen LogP contribution is 2.16. The van der Waals surface area contributed by atoms with Gasteiger partial charge in [-0.25, -0.2) is 9.79 Å². The highest BCUT2D eigenvalue weighted by atomic mass is 16.5. The molecule has 0 aliphatic carbocycles.